The van der Waals surface area contributed by atoms with Gasteiger partial charge in [0.2, 0.25) is 0 Å². The number of benzene rings is 2. The summed E-state index contributed by atoms with van der Waals surface area (Å²) in [6.45, 7) is 0. The number of hydrogen-bond donors (Lipinski definition) is 1. The molecule has 29 heavy (non-hydrogen) atoms. The van der Waals surface area contributed by atoms with Crippen LogP contribution in [0.5, 0.6) is 0 Å². The van der Waals surface area contributed by atoms with Crippen LogP contribution in [0, 0.1) is 0 Å². The number of fused-ring (bicyclic) bond motifs is 2. The number of hydrogen-bond acceptors (Lipinski definition) is 4. The topological polar surface area (TPSA) is 77.6 Å². The minimum atomic E-state index is -0.137. The summed E-state index contributed by atoms with van der Waals surface area (Å²) in [7, 11) is 0. The summed E-state index contributed by atoms with van der Waals surface area (Å²) in [6, 6.07) is 17.3. The molecule has 1 amide bonds. The quantitative estimate of drug-likeness (QED) is 0.506. The second-order valence-corrected chi connectivity index (χ2v) is 6.79. The molecule has 0 saturated carbocycles. The van der Waals surface area contributed by atoms with E-state index >= 15 is 0 Å². The first-order valence-corrected chi connectivity index (χ1v) is 9.16. The van der Waals surface area contributed by atoms with Gasteiger partial charge < -0.3 is 5.32 Å². The number of pyridine rings is 1. The lowest BCUT2D eigenvalue weighted by Gasteiger charge is -2.12. The molecule has 3 aromatic heterocycles. The Hall–Kier alpha value is -4.26. The molecule has 0 atom stereocenters. The molecule has 7 heteroatoms. The fourth-order valence-electron chi connectivity index (χ4n) is 3.77. The van der Waals surface area contributed by atoms with Gasteiger partial charge in [-0.15, -0.1) is 0 Å². The lowest BCUT2D eigenvalue weighted by molar-refractivity contribution is 0.102. The van der Waals surface area contributed by atoms with Crippen LogP contribution >= 0.6 is 0 Å². The van der Waals surface area contributed by atoms with Gasteiger partial charge in [-0.3, -0.25) is 13.9 Å². The van der Waals surface area contributed by atoms with E-state index in [0.29, 0.717) is 5.56 Å². The first kappa shape index (κ1) is 15.8. The van der Waals surface area contributed by atoms with Crippen LogP contribution in [-0.2, 0) is 0 Å². The van der Waals surface area contributed by atoms with Crippen LogP contribution in [-0.4, -0.2) is 30.0 Å². The van der Waals surface area contributed by atoms with Gasteiger partial charge in [0.1, 0.15) is 18.0 Å². The van der Waals surface area contributed by atoms with E-state index in [1.807, 2.05) is 69.9 Å². The maximum atomic E-state index is 12.8. The standard InChI is InChI=1S/C22H14N6O/c29-22-15-4-3-6-17-20(15)28(18-7-2-1-5-16(18)26-22)21(25-17)14-8-9-19(24-12-14)27-11-10-23-13-27/h1-13H,(H,26,29). The predicted octanol–water partition coefficient (Wildman–Crippen LogP) is 3.84. The maximum absolute atomic E-state index is 12.8. The number of nitrogens with one attached hydrogen (secondary N) is 1. The Morgan fingerprint density at radius 3 is 2.72 bits per heavy atom. The van der Waals surface area contributed by atoms with Crippen molar-refractivity contribution in [1.82, 2.24) is 24.1 Å². The van der Waals surface area contributed by atoms with E-state index in [4.69, 9.17) is 4.98 Å². The Morgan fingerprint density at radius 2 is 1.90 bits per heavy atom. The third-order valence-corrected chi connectivity index (χ3v) is 5.09. The number of nitrogens with zero attached hydrogens (tertiary/aromatic N) is 5. The smallest absolute Gasteiger partial charge is 0.257 e. The van der Waals surface area contributed by atoms with Gasteiger partial charge in [-0.2, -0.15) is 0 Å². The molecule has 1 aliphatic heterocycles. The highest BCUT2D eigenvalue weighted by Gasteiger charge is 2.25. The highest BCUT2D eigenvalue weighted by molar-refractivity contribution is 6.14. The molecule has 1 aliphatic rings. The number of carbonyl (C=O) groups is 1. The van der Waals surface area contributed by atoms with Crippen molar-refractivity contribution < 1.29 is 4.79 Å². The van der Waals surface area contributed by atoms with Gasteiger partial charge in [0.25, 0.3) is 5.91 Å². The summed E-state index contributed by atoms with van der Waals surface area (Å²) in [5, 5.41) is 3.01. The van der Waals surface area contributed by atoms with E-state index in [2.05, 4.69) is 15.3 Å². The fourth-order valence-corrected chi connectivity index (χ4v) is 3.77. The molecular formula is C22H14N6O. The molecule has 5 aromatic rings. The Kier molecular flexibility index (Phi) is 3.19. The second kappa shape index (κ2) is 5.87. The first-order valence-electron chi connectivity index (χ1n) is 9.16. The van der Waals surface area contributed by atoms with E-state index in [1.54, 1.807) is 18.7 Å². The lowest BCUT2D eigenvalue weighted by Crippen LogP contribution is -2.10. The molecule has 0 unspecified atom stereocenters. The van der Waals surface area contributed by atoms with Crippen molar-refractivity contribution in [3.63, 3.8) is 0 Å². The van der Waals surface area contributed by atoms with E-state index in [1.165, 1.54) is 0 Å². The number of amides is 1. The Bertz CT molecular complexity index is 1380. The number of para-hydroxylation sites is 3. The summed E-state index contributed by atoms with van der Waals surface area (Å²) in [5.74, 6) is 1.37. The zero-order valence-corrected chi connectivity index (χ0v) is 15.1. The van der Waals surface area contributed by atoms with Crippen molar-refractivity contribution in [2.45, 2.75) is 0 Å². The molecule has 1 N–H and O–H groups in total. The van der Waals surface area contributed by atoms with E-state index < -0.39 is 0 Å². The average molecular weight is 378 g/mol. The summed E-state index contributed by atoms with van der Waals surface area (Å²) < 4.78 is 3.88. The number of imidazole rings is 2. The Labute approximate surface area is 165 Å². The lowest BCUT2D eigenvalue weighted by atomic mass is 10.1. The number of aromatic nitrogens is 5. The molecule has 0 saturated heterocycles. The van der Waals surface area contributed by atoms with Crippen molar-refractivity contribution in [2.24, 2.45) is 0 Å². The normalized spacial score (nSPS) is 12.5. The van der Waals surface area contributed by atoms with Crippen LogP contribution in [0.15, 0.2) is 79.5 Å². The van der Waals surface area contributed by atoms with Gasteiger partial charge in [0.15, 0.2) is 0 Å². The van der Waals surface area contributed by atoms with Crippen LogP contribution in [0.1, 0.15) is 10.4 Å². The van der Waals surface area contributed by atoms with Crippen molar-refractivity contribution in [3.8, 4) is 22.9 Å². The largest absolute Gasteiger partial charge is 0.320 e. The molecule has 0 fully saturated rings. The SMILES string of the molecule is O=C1Nc2ccccc2-n2c(-c3ccc(-n4ccnc4)nc3)nc3cccc1c32. The first-order chi connectivity index (χ1) is 14.3. The fraction of sp³-hybridized carbons (Fsp3) is 0. The minimum absolute atomic E-state index is 0.137. The molecule has 4 heterocycles. The van der Waals surface area contributed by atoms with Crippen LogP contribution in [0.4, 0.5) is 5.69 Å². The zero-order chi connectivity index (χ0) is 19.4. The Morgan fingerprint density at radius 1 is 0.966 bits per heavy atom. The molecule has 6 rings (SSSR count). The number of rotatable bonds is 2. The molecule has 7 nitrogen and oxygen atoms in total. The molecule has 2 aromatic carbocycles. The molecule has 0 aliphatic carbocycles. The summed E-state index contributed by atoms with van der Waals surface area (Å²) >= 11 is 0. The predicted molar refractivity (Wildman–Crippen MR) is 109 cm³/mol. The second-order valence-electron chi connectivity index (χ2n) is 6.79. The molecular weight excluding hydrogens is 364 g/mol. The molecule has 0 bridgehead atoms. The van der Waals surface area contributed by atoms with Gasteiger partial charge in [0, 0.05) is 24.2 Å². The van der Waals surface area contributed by atoms with E-state index in [-0.39, 0.29) is 5.91 Å². The third-order valence-electron chi connectivity index (χ3n) is 5.09. The zero-order valence-electron chi connectivity index (χ0n) is 15.1. The summed E-state index contributed by atoms with van der Waals surface area (Å²) in [4.78, 5) is 26.3. The monoisotopic (exact) mass is 378 g/mol. The van der Waals surface area contributed by atoms with Crippen molar-refractivity contribution in [2.75, 3.05) is 5.32 Å². The Balaban J connectivity index is 1.63. The van der Waals surface area contributed by atoms with Crippen LogP contribution in [0.3, 0.4) is 0 Å². The maximum Gasteiger partial charge on any atom is 0.257 e. The average Bonchev–Trinajstić information content (AvgIpc) is 3.40. The minimum Gasteiger partial charge on any atom is -0.320 e. The van der Waals surface area contributed by atoms with Gasteiger partial charge in [-0.05, 0) is 36.4 Å². The highest BCUT2D eigenvalue weighted by Crippen LogP contribution is 2.36. The van der Waals surface area contributed by atoms with Crippen LogP contribution in [0.2, 0.25) is 0 Å². The van der Waals surface area contributed by atoms with Crippen LogP contribution in [0.25, 0.3) is 33.9 Å². The highest BCUT2D eigenvalue weighted by atomic mass is 16.1. The van der Waals surface area contributed by atoms with Gasteiger partial charge in [0.05, 0.1) is 28.0 Å². The van der Waals surface area contributed by atoms with Gasteiger partial charge in [-0.25, -0.2) is 15.0 Å². The van der Waals surface area contributed by atoms with E-state index in [9.17, 15) is 4.79 Å². The summed E-state index contributed by atoms with van der Waals surface area (Å²) in [6.07, 6.45) is 7.06. The van der Waals surface area contributed by atoms with Gasteiger partial charge in [-0.1, -0.05) is 18.2 Å². The van der Waals surface area contributed by atoms with Crippen molar-refractivity contribution in [1.29, 1.82) is 0 Å². The van der Waals surface area contributed by atoms with E-state index in [0.717, 1.165) is 39.6 Å². The number of anilines is 1. The van der Waals surface area contributed by atoms with Gasteiger partial charge >= 0.3 is 0 Å². The summed E-state index contributed by atoms with van der Waals surface area (Å²) in [5.41, 5.74) is 4.64. The van der Waals surface area contributed by atoms with Crippen molar-refractivity contribution in [3.05, 3.63) is 85.1 Å². The van der Waals surface area contributed by atoms with Crippen molar-refractivity contribution >= 4 is 22.6 Å². The molecule has 138 valence electrons. The number of carbonyl (C=O) groups excluding carboxylic acids is 1. The molecule has 0 spiro atoms. The van der Waals surface area contributed by atoms with Crippen LogP contribution < -0.4 is 5.32 Å². The molecule has 0 radical (unpaired) electrons. The third kappa shape index (κ3) is 2.31.